The number of anilines is 2. The van der Waals surface area contributed by atoms with Crippen LogP contribution in [0.4, 0.5) is 11.4 Å². The summed E-state index contributed by atoms with van der Waals surface area (Å²) in [5.41, 5.74) is 2.51. The summed E-state index contributed by atoms with van der Waals surface area (Å²) in [6, 6.07) is 14.8. The third-order valence-electron chi connectivity index (χ3n) is 3.76. The van der Waals surface area contributed by atoms with Crippen LogP contribution in [0, 0.1) is 5.92 Å². The predicted molar refractivity (Wildman–Crippen MR) is 99.9 cm³/mol. The number of carbonyl (C=O) groups excluding carboxylic acids is 2. The molecule has 132 valence electrons. The zero-order valence-electron chi connectivity index (χ0n) is 14.8. The average molecular weight is 340 g/mol. The lowest BCUT2D eigenvalue weighted by Crippen LogP contribution is -2.17. The van der Waals surface area contributed by atoms with E-state index >= 15 is 0 Å². The standard InChI is InChI=1S/C20H24N2O3/c1-14(2)20(24)22-17-9-7-16(8-10-17)21-19(23)13-6-15-4-11-18(25-3)12-5-15/h4-5,7-12,14H,6,13H2,1-3H3,(H,21,23)(H,22,24). The molecule has 0 fully saturated rings. The van der Waals surface area contributed by atoms with Crippen LogP contribution in [0.15, 0.2) is 48.5 Å². The molecule has 0 atom stereocenters. The fraction of sp³-hybridized carbons (Fsp3) is 0.300. The van der Waals surface area contributed by atoms with E-state index in [9.17, 15) is 9.59 Å². The van der Waals surface area contributed by atoms with Crippen molar-refractivity contribution in [3.05, 3.63) is 54.1 Å². The van der Waals surface area contributed by atoms with E-state index in [0.717, 1.165) is 17.0 Å². The van der Waals surface area contributed by atoms with Gasteiger partial charge in [0, 0.05) is 23.7 Å². The number of amides is 2. The van der Waals surface area contributed by atoms with Crippen molar-refractivity contribution >= 4 is 23.2 Å². The summed E-state index contributed by atoms with van der Waals surface area (Å²) in [7, 11) is 1.63. The van der Waals surface area contributed by atoms with E-state index in [1.807, 2.05) is 38.1 Å². The first-order chi connectivity index (χ1) is 12.0. The Bertz CT molecular complexity index is 707. The first kappa shape index (κ1) is 18.5. The largest absolute Gasteiger partial charge is 0.497 e. The van der Waals surface area contributed by atoms with Crippen LogP contribution in [0.3, 0.4) is 0 Å². The van der Waals surface area contributed by atoms with Crippen molar-refractivity contribution in [2.45, 2.75) is 26.7 Å². The van der Waals surface area contributed by atoms with E-state index in [2.05, 4.69) is 10.6 Å². The first-order valence-electron chi connectivity index (χ1n) is 8.31. The Hall–Kier alpha value is -2.82. The topological polar surface area (TPSA) is 67.4 Å². The van der Waals surface area contributed by atoms with Gasteiger partial charge in [-0.2, -0.15) is 0 Å². The van der Waals surface area contributed by atoms with Crippen molar-refractivity contribution in [1.82, 2.24) is 0 Å². The predicted octanol–water partition coefficient (Wildman–Crippen LogP) is 3.86. The maximum absolute atomic E-state index is 12.1. The van der Waals surface area contributed by atoms with Gasteiger partial charge in [0.2, 0.25) is 11.8 Å². The molecule has 0 aromatic heterocycles. The van der Waals surface area contributed by atoms with Crippen LogP contribution >= 0.6 is 0 Å². The molecule has 0 aliphatic heterocycles. The van der Waals surface area contributed by atoms with Gasteiger partial charge in [0.15, 0.2) is 0 Å². The summed E-state index contributed by atoms with van der Waals surface area (Å²) >= 11 is 0. The highest BCUT2D eigenvalue weighted by atomic mass is 16.5. The van der Waals surface area contributed by atoms with E-state index in [1.165, 1.54) is 0 Å². The Morgan fingerprint density at radius 1 is 0.920 bits per heavy atom. The molecule has 2 rings (SSSR count). The van der Waals surface area contributed by atoms with Crippen LogP contribution in [0.1, 0.15) is 25.8 Å². The third-order valence-corrected chi connectivity index (χ3v) is 3.76. The molecule has 0 unspecified atom stereocenters. The molecule has 0 heterocycles. The number of hydrogen-bond acceptors (Lipinski definition) is 3. The van der Waals surface area contributed by atoms with Gasteiger partial charge >= 0.3 is 0 Å². The monoisotopic (exact) mass is 340 g/mol. The minimum Gasteiger partial charge on any atom is -0.497 e. The smallest absolute Gasteiger partial charge is 0.226 e. The highest BCUT2D eigenvalue weighted by Crippen LogP contribution is 2.16. The van der Waals surface area contributed by atoms with Crippen molar-refractivity contribution in [3.63, 3.8) is 0 Å². The van der Waals surface area contributed by atoms with Crippen molar-refractivity contribution in [2.24, 2.45) is 5.92 Å². The van der Waals surface area contributed by atoms with E-state index in [-0.39, 0.29) is 17.7 Å². The number of carbonyl (C=O) groups is 2. The molecule has 0 saturated carbocycles. The fourth-order valence-electron chi connectivity index (χ4n) is 2.20. The molecule has 2 N–H and O–H groups in total. The molecule has 2 aromatic carbocycles. The maximum Gasteiger partial charge on any atom is 0.226 e. The van der Waals surface area contributed by atoms with Gasteiger partial charge in [0.1, 0.15) is 5.75 Å². The van der Waals surface area contributed by atoms with Gasteiger partial charge < -0.3 is 15.4 Å². The minimum atomic E-state index is -0.0719. The fourth-order valence-corrected chi connectivity index (χ4v) is 2.20. The third kappa shape index (κ3) is 5.95. The molecule has 0 saturated heterocycles. The second-order valence-electron chi connectivity index (χ2n) is 6.12. The van der Waals surface area contributed by atoms with Crippen molar-refractivity contribution in [2.75, 3.05) is 17.7 Å². The lowest BCUT2D eigenvalue weighted by atomic mass is 10.1. The van der Waals surface area contributed by atoms with E-state index in [1.54, 1.807) is 31.4 Å². The van der Waals surface area contributed by atoms with Gasteiger partial charge in [-0.3, -0.25) is 9.59 Å². The van der Waals surface area contributed by atoms with Gasteiger partial charge in [-0.05, 0) is 48.4 Å². The molecule has 0 aliphatic carbocycles. The number of benzene rings is 2. The Morgan fingerprint density at radius 2 is 1.48 bits per heavy atom. The number of aryl methyl sites for hydroxylation is 1. The van der Waals surface area contributed by atoms with Gasteiger partial charge in [0.05, 0.1) is 7.11 Å². The molecule has 0 radical (unpaired) electrons. The van der Waals surface area contributed by atoms with E-state index in [0.29, 0.717) is 18.5 Å². The summed E-state index contributed by atoms with van der Waals surface area (Å²) in [6.07, 6.45) is 1.07. The normalized spacial score (nSPS) is 10.4. The Morgan fingerprint density at radius 3 is 2.00 bits per heavy atom. The second kappa shape index (κ2) is 8.87. The lowest BCUT2D eigenvalue weighted by Gasteiger charge is -2.09. The van der Waals surface area contributed by atoms with E-state index < -0.39 is 0 Å². The molecule has 0 bridgehead atoms. The SMILES string of the molecule is COc1ccc(CCC(=O)Nc2ccc(NC(=O)C(C)C)cc2)cc1. The van der Waals surface area contributed by atoms with Crippen LogP contribution < -0.4 is 15.4 Å². The summed E-state index contributed by atoms with van der Waals surface area (Å²) < 4.78 is 5.11. The molecular formula is C20H24N2O3. The molecule has 2 aromatic rings. The first-order valence-corrected chi connectivity index (χ1v) is 8.31. The number of nitrogens with one attached hydrogen (secondary N) is 2. The Balaban J connectivity index is 1.82. The molecule has 5 nitrogen and oxygen atoms in total. The van der Waals surface area contributed by atoms with Crippen molar-refractivity contribution in [3.8, 4) is 5.75 Å². The van der Waals surface area contributed by atoms with Crippen molar-refractivity contribution < 1.29 is 14.3 Å². The van der Waals surface area contributed by atoms with Crippen LogP contribution in [0.5, 0.6) is 5.75 Å². The van der Waals surface area contributed by atoms with Gasteiger partial charge in [-0.15, -0.1) is 0 Å². The van der Waals surface area contributed by atoms with Crippen LogP contribution in [-0.4, -0.2) is 18.9 Å². The number of ether oxygens (including phenoxy) is 1. The zero-order valence-corrected chi connectivity index (χ0v) is 14.8. The summed E-state index contributed by atoms with van der Waals surface area (Å²) in [6.45, 7) is 3.68. The Labute approximate surface area is 148 Å². The van der Waals surface area contributed by atoms with Crippen LogP contribution in [0.25, 0.3) is 0 Å². The summed E-state index contributed by atoms with van der Waals surface area (Å²) in [5, 5.41) is 5.68. The maximum atomic E-state index is 12.1. The average Bonchev–Trinajstić information content (AvgIpc) is 2.62. The quantitative estimate of drug-likeness (QED) is 0.804. The van der Waals surface area contributed by atoms with Crippen molar-refractivity contribution in [1.29, 1.82) is 0 Å². The highest BCUT2D eigenvalue weighted by Gasteiger charge is 2.07. The molecule has 5 heteroatoms. The molecular weight excluding hydrogens is 316 g/mol. The Kier molecular flexibility index (Phi) is 6.57. The minimum absolute atomic E-state index is 0.0312. The zero-order chi connectivity index (χ0) is 18.2. The van der Waals surface area contributed by atoms with Gasteiger partial charge in [-0.25, -0.2) is 0 Å². The lowest BCUT2D eigenvalue weighted by molar-refractivity contribution is -0.119. The highest BCUT2D eigenvalue weighted by molar-refractivity contribution is 5.93. The van der Waals surface area contributed by atoms with Gasteiger partial charge in [0.25, 0.3) is 0 Å². The van der Waals surface area contributed by atoms with Crippen LogP contribution in [0.2, 0.25) is 0 Å². The second-order valence-corrected chi connectivity index (χ2v) is 6.12. The molecule has 25 heavy (non-hydrogen) atoms. The number of rotatable bonds is 7. The van der Waals surface area contributed by atoms with Gasteiger partial charge in [-0.1, -0.05) is 26.0 Å². The molecule has 2 amide bonds. The molecule has 0 spiro atoms. The number of hydrogen-bond donors (Lipinski definition) is 2. The molecule has 0 aliphatic rings. The van der Waals surface area contributed by atoms with E-state index in [4.69, 9.17) is 4.74 Å². The summed E-state index contributed by atoms with van der Waals surface area (Å²) in [4.78, 5) is 23.7. The number of methoxy groups -OCH3 is 1. The van der Waals surface area contributed by atoms with Crippen LogP contribution in [-0.2, 0) is 16.0 Å². The summed E-state index contributed by atoms with van der Waals surface area (Å²) in [5.74, 6) is 0.654.